The minimum absolute atomic E-state index is 0.875. The molecule has 0 aliphatic carbocycles. The monoisotopic (exact) mass is 235 g/mol. The van der Waals surface area contributed by atoms with E-state index in [1.54, 1.807) is 0 Å². The van der Waals surface area contributed by atoms with Gasteiger partial charge in [-0.25, -0.2) is 0 Å². The van der Waals surface area contributed by atoms with E-state index in [1.165, 1.54) is 42.0 Å². The highest BCUT2D eigenvalue weighted by molar-refractivity contribution is 7.99. The molecule has 1 N–H and O–H groups in total. The summed E-state index contributed by atoms with van der Waals surface area (Å²) in [5.41, 5.74) is 2.82. The molecular formula is C14H21NS. The number of nitrogens with one attached hydrogen (secondary N) is 1. The molecule has 0 aromatic heterocycles. The Morgan fingerprint density at radius 2 is 2.25 bits per heavy atom. The lowest BCUT2D eigenvalue weighted by Gasteiger charge is -2.14. The van der Waals surface area contributed by atoms with E-state index in [9.17, 15) is 0 Å². The van der Waals surface area contributed by atoms with Crippen molar-refractivity contribution in [2.75, 3.05) is 23.4 Å². The van der Waals surface area contributed by atoms with E-state index in [1.807, 2.05) is 0 Å². The van der Waals surface area contributed by atoms with Crippen LogP contribution in [0, 0.1) is 5.92 Å². The zero-order valence-corrected chi connectivity index (χ0v) is 10.9. The molecule has 16 heavy (non-hydrogen) atoms. The fraction of sp³-hybridized carbons (Fsp3) is 0.571. The summed E-state index contributed by atoms with van der Waals surface area (Å²) in [5, 5.41) is 3.63. The number of benzene rings is 1. The van der Waals surface area contributed by atoms with Gasteiger partial charge in [-0.15, -0.1) is 0 Å². The van der Waals surface area contributed by atoms with Gasteiger partial charge in [0.15, 0.2) is 0 Å². The summed E-state index contributed by atoms with van der Waals surface area (Å²) in [7, 11) is 0. The largest absolute Gasteiger partial charge is 0.385 e. The lowest BCUT2D eigenvalue weighted by molar-refractivity contribution is 0.631. The first-order chi connectivity index (χ1) is 7.90. The Kier molecular flexibility index (Phi) is 4.58. The van der Waals surface area contributed by atoms with Crippen LogP contribution in [0.5, 0.6) is 0 Å². The van der Waals surface area contributed by atoms with Crippen LogP contribution in [0.2, 0.25) is 0 Å². The minimum atomic E-state index is 0.875. The molecule has 0 radical (unpaired) electrons. The molecule has 2 heteroatoms. The molecule has 1 aromatic rings. The van der Waals surface area contributed by atoms with Gasteiger partial charge in [0, 0.05) is 12.2 Å². The quantitative estimate of drug-likeness (QED) is 0.833. The maximum atomic E-state index is 3.63. The SMILES string of the molecule is CCCc1ccccc1NCC1CCSC1. The molecule has 1 heterocycles. The van der Waals surface area contributed by atoms with Gasteiger partial charge in [-0.2, -0.15) is 11.8 Å². The second-order valence-corrected chi connectivity index (χ2v) is 5.67. The average Bonchev–Trinajstić information content (AvgIpc) is 2.81. The highest BCUT2D eigenvalue weighted by atomic mass is 32.2. The topological polar surface area (TPSA) is 12.0 Å². The third-order valence-corrected chi connectivity index (χ3v) is 4.37. The minimum Gasteiger partial charge on any atom is -0.385 e. The van der Waals surface area contributed by atoms with Crippen molar-refractivity contribution < 1.29 is 0 Å². The molecule has 0 bridgehead atoms. The van der Waals surface area contributed by atoms with Crippen LogP contribution in [0.15, 0.2) is 24.3 Å². The van der Waals surface area contributed by atoms with Crippen LogP contribution in [-0.4, -0.2) is 18.1 Å². The predicted octanol–water partition coefficient (Wildman–Crippen LogP) is 3.80. The first-order valence-electron chi connectivity index (χ1n) is 6.29. The molecule has 0 spiro atoms. The summed E-state index contributed by atoms with van der Waals surface area (Å²) in [6.07, 6.45) is 3.79. The van der Waals surface area contributed by atoms with Crippen molar-refractivity contribution in [1.29, 1.82) is 0 Å². The average molecular weight is 235 g/mol. The number of anilines is 1. The third kappa shape index (κ3) is 3.18. The lowest BCUT2D eigenvalue weighted by atomic mass is 10.1. The van der Waals surface area contributed by atoms with Gasteiger partial charge in [-0.1, -0.05) is 31.5 Å². The Labute approximate surface area is 103 Å². The summed E-state index contributed by atoms with van der Waals surface area (Å²) in [6, 6.07) is 8.73. The van der Waals surface area contributed by atoms with E-state index >= 15 is 0 Å². The highest BCUT2D eigenvalue weighted by Gasteiger charge is 2.15. The van der Waals surface area contributed by atoms with Gasteiger partial charge < -0.3 is 5.32 Å². The Morgan fingerprint density at radius 3 is 3.00 bits per heavy atom. The van der Waals surface area contributed by atoms with Crippen LogP contribution in [0.3, 0.4) is 0 Å². The summed E-state index contributed by atoms with van der Waals surface area (Å²) in [5.74, 6) is 3.56. The van der Waals surface area contributed by atoms with Crippen LogP contribution < -0.4 is 5.32 Å². The van der Waals surface area contributed by atoms with Crippen LogP contribution in [0.1, 0.15) is 25.3 Å². The van der Waals surface area contributed by atoms with Gasteiger partial charge in [-0.3, -0.25) is 0 Å². The van der Waals surface area contributed by atoms with Crippen LogP contribution in [0.4, 0.5) is 5.69 Å². The molecule has 1 aliphatic heterocycles. The van der Waals surface area contributed by atoms with Gasteiger partial charge in [0.05, 0.1) is 0 Å². The second kappa shape index (κ2) is 6.19. The summed E-state index contributed by atoms with van der Waals surface area (Å²) < 4.78 is 0. The summed E-state index contributed by atoms with van der Waals surface area (Å²) in [6.45, 7) is 3.39. The summed E-state index contributed by atoms with van der Waals surface area (Å²) in [4.78, 5) is 0. The van der Waals surface area contributed by atoms with Crippen LogP contribution in [0.25, 0.3) is 0 Å². The van der Waals surface area contributed by atoms with Gasteiger partial charge >= 0.3 is 0 Å². The number of rotatable bonds is 5. The molecule has 1 unspecified atom stereocenters. The van der Waals surface area contributed by atoms with Crippen molar-refractivity contribution in [1.82, 2.24) is 0 Å². The van der Waals surface area contributed by atoms with Crippen molar-refractivity contribution in [3.63, 3.8) is 0 Å². The molecule has 1 aliphatic rings. The van der Waals surface area contributed by atoms with Crippen LogP contribution in [-0.2, 0) is 6.42 Å². The van der Waals surface area contributed by atoms with E-state index in [-0.39, 0.29) is 0 Å². The first kappa shape index (κ1) is 11.8. The van der Waals surface area contributed by atoms with Crippen molar-refractivity contribution in [3.8, 4) is 0 Å². The molecule has 88 valence electrons. The van der Waals surface area contributed by atoms with Crippen molar-refractivity contribution in [3.05, 3.63) is 29.8 Å². The Morgan fingerprint density at radius 1 is 1.38 bits per heavy atom. The molecule has 1 saturated heterocycles. The first-order valence-corrected chi connectivity index (χ1v) is 7.45. The fourth-order valence-corrected chi connectivity index (χ4v) is 3.46. The third-order valence-electron chi connectivity index (χ3n) is 3.14. The highest BCUT2D eigenvalue weighted by Crippen LogP contribution is 2.24. The molecule has 1 fully saturated rings. The number of thioether (sulfide) groups is 1. The van der Waals surface area contributed by atoms with E-state index in [4.69, 9.17) is 0 Å². The zero-order valence-electron chi connectivity index (χ0n) is 10.0. The predicted molar refractivity (Wildman–Crippen MR) is 74.4 cm³/mol. The number of hydrogen-bond acceptors (Lipinski definition) is 2. The molecule has 0 amide bonds. The molecule has 1 aromatic carbocycles. The molecule has 2 rings (SSSR count). The molecule has 0 saturated carbocycles. The lowest BCUT2D eigenvalue weighted by Crippen LogP contribution is -2.14. The van der Waals surface area contributed by atoms with Gasteiger partial charge in [0.1, 0.15) is 0 Å². The van der Waals surface area contributed by atoms with Gasteiger partial charge in [0.25, 0.3) is 0 Å². The summed E-state index contributed by atoms with van der Waals surface area (Å²) >= 11 is 2.09. The Balaban J connectivity index is 1.91. The number of aryl methyl sites for hydroxylation is 1. The van der Waals surface area contributed by atoms with E-state index < -0.39 is 0 Å². The Hall–Kier alpha value is -0.630. The van der Waals surface area contributed by atoms with Gasteiger partial charge in [0.2, 0.25) is 0 Å². The number of para-hydroxylation sites is 1. The van der Waals surface area contributed by atoms with Crippen molar-refractivity contribution in [2.24, 2.45) is 5.92 Å². The van der Waals surface area contributed by atoms with Gasteiger partial charge in [-0.05, 0) is 41.9 Å². The van der Waals surface area contributed by atoms with Crippen LogP contribution >= 0.6 is 11.8 Å². The van der Waals surface area contributed by atoms with E-state index in [0.29, 0.717) is 0 Å². The number of hydrogen-bond donors (Lipinski definition) is 1. The molecule has 1 atom stereocenters. The fourth-order valence-electron chi connectivity index (χ4n) is 2.18. The van der Waals surface area contributed by atoms with E-state index in [2.05, 4.69) is 48.3 Å². The smallest absolute Gasteiger partial charge is 0.0372 e. The maximum Gasteiger partial charge on any atom is 0.0372 e. The zero-order chi connectivity index (χ0) is 11.2. The Bertz CT molecular complexity index is 318. The molecule has 1 nitrogen and oxygen atoms in total. The normalized spacial score (nSPS) is 19.9. The molecular weight excluding hydrogens is 214 g/mol. The maximum absolute atomic E-state index is 3.63. The van der Waals surface area contributed by atoms with Crippen molar-refractivity contribution in [2.45, 2.75) is 26.2 Å². The van der Waals surface area contributed by atoms with Crippen molar-refractivity contribution >= 4 is 17.4 Å². The van der Waals surface area contributed by atoms with E-state index in [0.717, 1.165) is 12.5 Å². The standard InChI is InChI=1S/C14H21NS/c1-2-5-13-6-3-4-7-14(13)15-10-12-8-9-16-11-12/h3-4,6-7,12,15H,2,5,8-11H2,1H3. The second-order valence-electron chi connectivity index (χ2n) is 4.52.